The summed E-state index contributed by atoms with van der Waals surface area (Å²) in [4.78, 5) is 24.2. The second-order valence-corrected chi connectivity index (χ2v) is 8.19. The Morgan fingerprint density at radius 1 is 1.30 bits per heavy atom. The second-order valence-electron chi connectivity index (χ2n) is 6.96. The summed E-state index contributed by atoms with van der Waals surface area (Å²) in [5.74, 6) is 0.218. The number of nitrogens with one attached hydrogen (secondary N) is 2. The lowest BCUT2D eigenvalue weighted by Crippen LogP contribution is -2.29. The van der Waals surface area contributed by atoms with Gasteiger partial charge in [0.15, 0.2) is 0 Å². The molecule has 0 spiro atoms. The number of aryl methyl sites for hydroxylation is 1. The average Bonchev–Trinajstić information content (AvgIpc) is 3.02. The fourth-order valence-corrected chi connectivity index (χ4v) is 4.47. The molecule has 27 heavy (non-hydrogen) atoms. The van der Waals surface area contributed by atoms with Gasteiger partial charge in [0.2, 0.25) is 0 Å². The molecule has 0 saturated heterocycles. The van der Waals surface area contributed by atoms with Gasteiger partial charge in [-0.3, -0.25) is 4.79 Å². The van der Waals surface area contributed by atoms with Gasteiger partial charge in [0.25, 0.3) is 5.56 Å². The molecule has 6 nitrogen and oxygen atoms in total. The fourth-order valence-electron chi connectivity index (χ4n) is 3.61. The average molecular weight is 382 g/mol. The Kier molecular flexibility index (Phi) is 4.94. The van der Waals surface area contributed by atoms with Gasteiger partial charge < -0.3 is 16.0 Å². The Hall–Kier alpha value is -2.67. The topological polar surface area (TPSA) is 96.2 Å². The van der Waals surface area contributed by atoms with Gasteiger partial charge in [-0.15, -0.1) is 11.3 Å². The first-order valence-corrected chi connectivity index (χ1v) is 10.1. The van der Waals surface area contributed by atoms with Gasteiger partial charge in [-0.2, -0.15) is 0 Å². The Labute approximate surface area is 161 Å². The van der Waals surface area contributed by atoms with Crippen molar-refractivity contribution in [3.05, 3.63) is 51.4 Å². The number of amidine groups is 1. The van der Waals surface area contributed by atoms with Crippen LogP contribution in [0.5, 0.6) is 0 Å². The Morgan fingerprint density at radius 2 is 2.11 bits per heavy atom. The van der Waals surface area contributed by atoms with E-state index >= 15 is 0 Å². The maximum Gasteiger partial charge on any atom is 0.261 e. The minimum absolute atomic E-state index is 0.218. The molecular formula is C20H23N5OS. The minimum Gasteiger partial charge on any atom is -0.383 e. The van der Waals surface area contributed by atoms with Crippen molar-refractivity contribution in [2.45, 2.75) is 45.1 Å². The van der Waals surface area contributed by atoms with E-state index in [0.29, 0.717) is 11.6 Å². The number of nitrogens with zero attached hydrogens (tertiary/aromatic N) is 2. The third-order valence-electron chi connectivity index (χ3n) is 4.91. The standard InChI is InChI=1S/C20H23N5OS/c1-12-23-15-8-7-14(11-17(15)27-12)25-19(21)18-16(9-10-22-20(18)26)24-13-5-3-2-4-6-13/h7-11,13H,2-6H2,1H3,(H2,21,25)(H2,22,24,26). The number of hydrogen-bond donors (Lipinski definition) is 3. The maximum absolute atomic E-state index is 12.5. The largest absolute Gasteiger partial charge is 0.383 e. The molecular weight excluding hydrogens is 358 g/mol. The Morgan fingerprint density at radius 3 is 2.93 bits per heavy atom. The van der Waals surface area contributed by atoms with Crippen LogP contribution in [0.2, 0.25) is 0 Å². The lowest BCUT2D eigenvalue weighted by molar-refractivity contribution is 0.462. The summed E-state index contributed by atoms with van der Waals surface area (Å²) in [7, 11) is 0. The lowest BCUT2D eigenvalue weighted by atomic mass is 9.95. The summed E-state index contributed by atoms with van der Waals surface area (Å²) in [6.07, 6.45) is 7.59. The van der Waals surface area contributed by atoms with Crippen LogP contribution in [0.15, 0.2) is 40.2 Å². The number of anilines is 1. The van der Waals surface area contributed by atoms with E-state index in [0.717, 1.165) is 39.4 Å². The minimum atomic E-state index is -0.230. The number of pyridine rings is 1. The van der Waals surface area contributed by atoms with Gasteiger partial charge >= 0.3 is 0 Å². The van der Waals surface area contributed by atoms with Crippen molar-refractivity contribution >= 4 is 38.8 Å². The van der Waals surface area contributed by atoms with Crippen molar-refractivity contribution in [1.82, 2.24) is 9.97 Å². The first-order valence-electron chi connectivity index (χ1n) is 9.30. The van der Waals surface area contributed by atoms with Crippen LogP contribution in [0.1, 0.15) is 42.7 Å². The maximum atomic E-state index is 12.5. The molecule has 140 valence electrons. The molecule has 1 aliphatic carbocycles. The molecule has 7 heteroatoms. The molecule has 3 aromatic rings. The number of thiazole rings is 1. The van der Waals surface area contributed by atoms with Crippen LogP contribution in [-0.2, 0) is 0 Å². The van der Waals surface area contributed by atoms with Crippen molar-refractivity contribution in [2.75, 3.05) is 5.32 Å². The summed E-state index contributed by atoms with van der Waals surface area (Å²) in [6.45, 7) is 1.98. The number of rotatable bonds is 4. The highest BCUT2D eigenvalue weighted by molar-refractivity contribution is 7.18. The van der Waals surface area contributed by atoms with Crippen LogP contribution < -0.4 is 16.6 Å². The molecule has 1 saturated carbocycles. The summed E-state index contributed by atoms with van der Waals surface area (Å²) in [5, 5.41) is 4.51. The number of aromatic nitrogens is 2. The van der Waals surface area contributed by atoms with Gasteiger partial charge in [0.1, 0.15) is 11.4 Å². The fraction of sp³-hybridized carbons (Fsp3) is 0.350. The smallest absolute Gasteiger partial charge is 0.261 e. The number of nitrogens with two attached hydrogens (primary N) is 1. The Bertz CT molecular complexity index is 1050. The molecule has 0 radical (unpaired) electrons. The predicted octanol–water partition coefficient (Wildman–Crippen LogP) is 4.07. The number of hydrogen-bond acceptors (Lipinski definition) is 5. The van der Waals surface area contributed by atoms with Crippen molar-refractivity contribution in [2.24, 2.45) is 10.7 Å². The summed E-state index contributed by atoms with van der Waals surface area (Å²) < 4.78 is 1.06. The van der Waals surface area contributed by atoms with E-state index in [1.165, 1.54) is 19.3 Å². The molecule has 2 heterocycles. The highest BCUT2D eigenvalue weighted by Crippen LogP contribution is 2.27. The van der Waals surface area contributed by atoms with Gasteiger partial charge in [0.05, 0.1) is 26.6 Å². The zero-order valence-electron chi connectivity index (χ0n) is 15.3. The highest BCUT2D eigenvalue weighted by atomic mass is 32.1. The molecule has 2 aromatic heterocycles. The molecule has 1 aromatic carbocycles. The van der Waals surface area contributed by atoms with E-state index in [2.05, 4.69) is 20.3 Å². The van der Waals surface area contributed by atoms with Gasteiger partial charge in [-0.05, 0) is 44.0 Å². The van der Waals surface area contributed by atoms with Crippen LogP contribution in [0, 0.1) is 6.92 Å². The second kappa shape index (κ2) is 7.52. The molecule has 0 aliphatic heterocycles. The van der Waals surface area contributed by atoms with Crippen LogP contribution in [-0.4, -0.2) is 21.8 Å². The van der Waals surface area contributed by atoms with E-state index in [-0.39, 0.29) is 11.4 Å². The SMILES string of the molecule is Cc1nc2ccc(N=C(N)c3c(NC4CCCCC4)cc[nH]c3=O)cc2s1. The van der Waals surface area contributed by atoms with Crippen LogP contribution >= 0.6 is 11.3 Å². The third kappa shape index (κ3) is 3.88. The quantitative estimate of drug-likeness (QED) is 0.469. The highest BCUT2D eigenvalue weighted by Gasteiger charge is 2.17. The molecule has 4 N–H and O–H groups in total. The first kappa shape index (κ1) is 17.7. The van der Waals surface area contributed by atoms with Crippen LogP contribution in [0.25, 0.3) is 10.2 Å². The van der Waals surface area contributed by atoms with Crippen LogP contribution in [0.3, 0.4) is 0 Å². The number of fused-ring (bicyclic) bond motifs is 1. The van der Waals surface area contributed by atoms with Gasteiger partial charge in [-0.25, -0.2) is 9.98 Å². The lowest BCUT2D eigenvalue weighted by Gasteiger charge is -2.24. The van der Waals surface area contributed by atoms with Gasteiger partial charge in [0, 0.05) is 12.2 Å². The van der Waals surface area contributed by atoms with Crippen LogP contribution in [0.4, 0.5) is 11.4 Å². The van der Waals surface area contributed by atoms with Crippen molar-refractivity contribution in [3.63, 3.8) is 0 Å². The molecule has 1 fully saturated rings. The number of H-pyrrole nitrogens is 1. The van der Waals surface area contributed by atoms with Crippen molar-refractivity contribution in [1.29, 1.82) is 0 Å². The molecule has 4 rings (SSSR count). The third-order valence-corrected chi connectivity index (χ3v) is 5.84. The number of aliphatic imine (C=N–C) groups is 1. The van der Waals surface area contributed by atoms with E-state index in [4.69, 9.17) is 5.73 Å². The monoisotopic (exact) mass is 381 g/mol. The Balaban J connectivity index is 1.67. The van der Waals surface area contributed by atoms with Gasteiger partial charge in [-0.1, -0.05) is 19.3 Å². The van der Waals surface area contributed by atoms with E-state index < -0.39 is 0 Å². The zero-order valence-corrected chi connectivity index (χ0v) is 16.1. The summed E-state index contributed by atoms with van der Waals surface area (Å²) in [6, 6.07) is 8.01. The van der Waals surface area contributed by atoms with E-state index in [1.807, 2.05) is 31.2 Å². The molecule has 1 aliphatic rings. The first-order chi connectivity index (χ1) is 13.1. The molecule has 0 bridgehead atoms. The molecule has 0 unspecified atom stereocenters. The van der Waals surface area contributed by atoms with E-state index in [9.17, 15) is 4.79 Å². The zero-order chi connectivity index (χ0) is 18.8. The van der Waals surface area contributed by atoms with Crippen molar-refractivity contribution in [3.8, 4) is 0 Å². The van der Waals surface area contributed by atoms with Crippen molar-refractivity contribution < 1.29 is 0 Å². The predicted molar refractivity (Wildman–Crippen MR) is 112 cm³/mol. The normalized spacial score (nSPS) is 16.0. The summed E-state index contributed by atoms with van der Waals surface area (Å²) in [5.41, 5.74) is 8.86. The summed E-state index contributed by atoms with van der Waals surface area (Å²) >= 11 is 1.62. The molecule has 0 atom stereocenters. The number of benzene rings is 1. The molecule has 0 amide bonds. The van der Waals surface area contributed by atoms with E-state index in [1.54, 1.807) is 17.5 Å². The number of aromatic amines is 1.